The van der Waals surface area contributed by atoms with Crippen LogP contribution in [0.3, 0.4) is 0 Å². The van der Waals surface area contributed by atoms with Crippen LogP contribution in [-0.4, -0.2) is 57.5 Å². The maximum atomic E-state index is 12.2. The highest BCUT2D eigenvalue weighted by molar-refractivity contribution is 6.74. The van der Waals surface area contributed by atoms with Crippen LogP contribution >= 0.6 is 0 Å². The molecule has 0 aromatic rings. The summed E-state index contributed by atoms with van der Waals surface area (Å²) in [6.07, 6.45) is 1.71. The second-order valence-electron chi connectivity index (χ2n) is 8.11. The van der Waals surface area contributed by atoms with Crippen molar-refractivity contribution in [2.24, 2.45) is 0 Å². The van der Waals surface area contributed by atoms with E-state index in [0.717, 1.165) is 5.57 Å². The molecule has 6 nitrogen and oxygen atoms in total. The fraction of sp³-hybridized carbons (Fsp3) is 0.667. The van der Waals surface area contributed by atoms with E-state index < -0.39 is 26.4 Å². The Morgan fingerprint density at radius 1 is 1.32 bits per heavy atom. The standard InChI is InChI=1S/C18H29NO5Si/c1-11(24-25(7,8)18(2,3)4)12-9-13-15(22-5)16(20)19(13)14(10-12)17(21)23-6/h9,13-15H,1,10H2,2-8H3/t13-,14-,15+/m0/s1. The molecular weight excluding hydrogens is 338 g/mol. The van der Waals surface area contributed by atoms with Crippen LogP contribution < -0.4 is 0 Å². The van der Waals surface area contributed by atoms with Crippen LogP contribution in [0, 0.1) is 0 Å². The molecule has 25 heavy (non-hydrogen) atoms. The van der Waals surface area contributed by atoms with Crippen molar-refractivity contribution in [3.05, 3.63) is 24.0 Å². The predicted molar refractivity (Wildman–Crippen MR) is 97.4 cm³/mol. The minimum Gasteiger partial charge on any atom is -0.544 e. The summed E-state index contributed by atoms with van der Waals surface area (Å²) in [5, 5.41) is 0.0421. The number of carbonyl (C=O) groups is 2. The predicted octanol–water partition coefficient (Wildman–Crippen LogP) is 2.62. The molecule has 140 valence electrons. The van der Waals surface area contributed by atoms with Gasteiger partial charge in [0, 0.05) is 13.5 Å². The van der Waals surface area contributed by atoms with E-state index in [1.165, 1.54) is 19.1 Å². The Balaban J connectivity index is 2.27. The maximum Gasteiger partial charge on any atom is 0.328 e. The lowest BCUT2D eigenvalue weighted by Crippen LogP contribution is -2.70. The van der Waals surface area contributed by atoms with Gasteiger partial charge in [-0.25, -0.2) is 4.79 Å². The average molecular weight is 368 g/mol. The molecule has 2 rings (SSSR count). The monoisotopic (exact) mass is 367 g/mol. The molecule has 1 fully saturated rings. The molecule has 0 aromatic heterocycles. The summed E-state index contributed by atoms with van der Waals surface area (Å²) in [4.78, 5) is 25.9. The number of ether oxygens (including phenoxy) is 2. The second-order valence-corrected chi connectivity index (χ2v) is 12.8. The summed E-state index contributed by atoms with van der Waals surface area (Å²) in [7, 11) is 0.786. The van der Waals surface area contributed by atoms with Crippen LogP contribution in [-0.2, 0) is 23.5 Å². The number of β-lactam (4-membered cyclic amide) rings is 1. The lowest BCUT2D eigenvalue weighted by Gasteiger charge is -2.51. The summed E-state index contributed by atoms with van der Waals surface area (Å²) in [5.41, 5.74) is 0.844. The number of rotatable bonds is 5. The van der Waals surface area contributed by atoms with Gasteiger partial charge in [-0.15, -0.1) is 0 Å². The van der Waals surface area contributed by atoms with Crippen LogP contribution in [0.25, 0.3) is 0 Å². The zero-order valence-corrected chi connectivity index (χ0v) is 17.2. The van der Waals surface area contributed by atoms with Crippen molar-refractivity contribution in [1.29, 1.82) is 0 Å². The molecule has 2 aliphatic heterocycles. The van der Waals surface area contributed by atoms with E-state index in [1.807, 2.05) is 6.08 Å². The van der Waals surface area contributed by atoms with Crippen molar-refractivity contribution in [1.82, 2.24) is 4.90 Å². The number of esters is 1. The third-order valence-corrected chi connectivity index (χ3v) is 9.89. The molecule has 1 amide bonds. The Hall–Kier alpha value is -1.60. The highest BCUT2D eigenvalue weighted by Gasteiger charge is 2.54. The van der Waals surface area contributed by atoms with E-state index >= 15 is 0 Å². The van der Waals surface area contributed by atoms with Gasteiger partial charge in [0.05, 0.1) is 18.9 Å². The maximum absolute atomic E-state index is 12.2. The topological polar surface area (TPSA) is 65.1 Å². The van der Waals surface area contributed by atoms with Gasteiger partial charge >= 0.3 is 5.97 Å². The summed E-state index contributed by atoms with van der Waals surface area (Å²) < 4.78 is 16.4. The van der Waals surface area contributed by atoms with Gasteiger partial charge in [-0.1, -0.05) is 33.4 Å². The molecule has 2 aliphatic rings. The van der Waals surface area contributed by atoms with E-state index in [1.54, 1.807) is 0 Å². The van der Waals surface area contributed by atoms with E-state index in [2.05, 4.69) is 40.4 Å². The first-order valence-electron chi connectivity index (χ1n) is 8.46. The Morgan fingerprint density at radius 3 is 2.40 bits per heavy atom. The van der Waals surface area contributed by atoms with Gasteiger partial charge in [0.1, 0.15) is 6.04 Å². The molecule has 0 aromatic carbocycles. The number of allylic oxidation sites excluding steroid dienone is 1. The minimum atomic E-state index is -2.04. The molecule has 2 heterocycles. The molecule has 0 N–H and O–H groups in total. The van der Waals surface area contributed by atoms with E-state index in [4.69, 9.17) is 13.9 Å². The van der Waals surface area contributed by atoms with E-state index in [0.29, 0.717) is 12.2 Å². The summed E-state index contributed by atoms with van der Waals surface area (Å²) in [5.74, 6) is -0.0397. The number of nitrogens with zero attached hydrogens (tertiary/aromatic N) is 1. The zero-order valence-electron chi connectivity index (χ0n) is 16.2. The molecule has 0 aliphatic carbocycles. The minimum absolute atomic E-state index is 0.0421. The number of carbonyl (C=O) groups excluding carboxylic acids is 2. The molecular formula is C18H29NO5Si. The Labute approximate surface area is 150 Å². The Kier molecular flexibility index (Phi) is 5.21. The first-order valence-corrected chi connectivity index (χ1v) is 11.4. The van der Waals surface area contributed by atoms with Crippen molar-refractivity contribution in [2.45, 2.75) is 63.5 Å². The number of hydrogen-bond donors (Lipinski definition) is 0. The third-order valence-electron chi connectivity index (χ3n) is 5.52. The number of methoxy groups -OCH3 is 2. The van der Waals surface area contributed by atoms with Gasteiger partial charge in [0.25, 0.3) is 5.91 Å². The third kappa shape index (κ3) is 3.39. The summed E-state index contributed by atoms with van der Waals surface area (Å²) >= 11 is 0. The van der Waals surface area contributed by atoms with Crippen LogP contribution in [0.15, 0.2) is 24.0 Å². The van der Waals surface area contributed by atoms with Crippen LogP contribution in [0.4, 0.5) is 0 Å². The molecule has 0 saturated carbocycles. The fourth-order valence-electron chi connectivity index (χ4n) is 2.92. The molecule has 7 heteroatoms. The Morgan fingerprint density at radius 2 is 1.92 bits per heavy atom. The second kappa shape index (κ2) is 6.61. The van der Waals surface area contributed by atoms with Gasteiger partial charge < -0.3 is 18.8 Å². The van der Waals surface area contributed by atoms with Crippen molar-refractivity contribution < 1.29 is 23.5 Å². The lowest BCUT2D eigenvalue weighted by molar-refractivity contribution is -0.179. The molecule has 0 spiro atoms. The van der Waals surface area contributed by atoms with Crippen LogP contribution in [0.5, 0.6) is 0 Å². The van der Waals surface area contributed by atoms with Gasteiger partial charge in [0.15, 0.2) is 6.10 Å². The van der Waals surface area contributed by atoms with Crippen molar-refractivity contribution in [3.63, 3.8) is 0 Å². The normalized spacial score (nSPS) is 26.4. The van der Waals surface area contributed by atoms with Crippen molar-refractivity contribution in [2.75, 3.05) is 14.2 Å². The molecule has 0 bridgehead atoms. The van der Waals surface area contributed by atoms with Gasteiger partial charge in [0.2, 0.25) is 8.32 Å². The molecule has 0 radical (unpaired) electrons. The smallest absolute Gasteiger partial charge is 0.328 e. The Bertz CT molecular complexity index is 619. The first kappa shape index (κ1) is 19.7. The lowest BCUT2D eigenvalue weighted by atomic mass is 9.85. The highest BCUT2D eigenvalue weighted by Crippen LogP contribution is 2.41. The first-order chi connectivity index (χ1) is 11.4. The molecule has 0 unspecified atom stereocenters. The van der Waals surface area contributed by atoms with Crippen LogP contribution in [0.1, 0.15) is 27.2 Å². The van der Waals surface area contributed by atoms with Crippen molar-refractivity contribution in [3.8, 4) is 0 Å². The number of amides is 1. The zero-order chi connectivity index (χ0) is 19.2. The SMILES string of the molecule is C=C(O[Si](C)(C)C(C)(C)C)C1=C[C@H]2[C@@H](OC)C(=O)N2[C@H](C(=O)OC)C1. The fourth-order valence-corrected chi connectivity index (χ4v) is 3.97. The van der Waals surface area contributed by atoms with E-state index in [9.17, 15) is 9.59 Å². The number of fused-ring (bicyclic) bond motifs is 1. The van der Waals surface area contributed by atoms with Crippen LogP contribution in [0.2, 0.25) is 18.1 Å². The average Bonchev–Trinajstić information content (AvgIpc) is 2.51. The number of hydrogen-bond acceptors (Lipinski definition) is 5. The summed E-state index contributed by atoms with van der Waals surface area (Å²) in [6, 6.07) is -0.946. The largest absolute Gasteiger partial charge is 0.544 e. The summed E-state index contributed by atoms with van der Waals surface area (Å²) in [6.45, 7) is 14.9. The molecule has 3 atom stereocenters. The van der Waals surface area contributed by atoms with Gasteiger partial charge in [-0.05, 0) is 23.7 Å². The molecule has 1 saturated heterocycles. The van der Waals surface area contributed by atoms with Gasteiger partial charge in [-0.3, -0.25) is 4.79 Å². The van der Waals surface area contributed by atoms with E-state index in [-0.39, 0.29) is 17.0 Å². The highest BCUT2D eigenvalue weighted by atomic mass is 28.4. The van der Waals surface area contributed by atoms with Crippen molar-refractivity contribution >= 4 is 20.2 Å². The van der Waals surface area contributed by atoms with Gasteiger partial charge in [-0.2, -0.15) is 0 Å². The quantitative estimate of drug-likeness (QED) is 0.323.